The average Bonchev–Trinajstić information content (AvgIpc) is 3.25. The predicted molar refractivity (Wildman–Crippen MR) is 131 cm³/mol. The number of ether oxygens (including phenoxy) is 1. The number of alkyl halides is 3. The molecule has 0 spiro atoms. The largest absolute Gasteiger partial charge is 0.471 e. The van der Waals surface area contributed by atoms with Crippen molar-refractivity contribution >= 4 is 22.7 Å². The molecule has 3 aromatic rings. The Kier molecular flexibility index (Phi) is 7.87. The molecule has 1 saturated heterocycles. The molecule has 0 bridgehead atoms. The molecule has 1 N–H and O–H groups in total. The zero-order valence-electron chi connectivity index (χ0n) is 20.7. The number of fused-ring (bicyclic) bond motifs is 1. The van der Waals surface area contributed by atoms with Gasteiger partial charge in [0, 0.05) is 50.4 Å². The van der Waals surface area contributed by atoms with E-state index in [0.717, 1.165) is 22.0 Å². The van der Waals surface area contributed by atoms with Gasteiger partial charge in [-0.05, 0) is 42.9 Å². The van der Waals surface area contributed by atoms with Crippen LogP contribution < -0.4 is 5.32 Å². The highest BCUT2D eigenvalue weighted by Crippen LogP contribution is 2.32. The molecule has 0 aliphatic carbocycles. The second-order valence-corrected chi connectivity index (χ2v) is 9.30. The number of carbonyl (C=O) groups is 2. The fourth-order valence-electron chi connectivity index (χ4n) is 4.93. The summed E-state index contributed by atoms with van der Waals surface area (Å²) in [5.74, 6) is -2.83. The van der Waals surface area contributed by atoms with E-state index in [1.165, 1.54) is 12.1 Å². The van der Waals surface area contributed by atoms with Gasteiger partial charge < -0.3 is 19.5 Å². The number of carbonyl (C=O) groups excluding carboxylic acids is 2. The molecule has 0 radical (unpaired) electrons. The maximum Gasteiger partial charge on any atom is 0.471 e. The standard InChI is InChI=1S/C27H29F4N3O3/c1-17-4-3-5-21-22(16-34(24(17)21)12-13-37-2)25(35)33-10-8-18(9-11-33)19-6-7-23(28)20(14-19)15-32-26(36)27(29,30)31/h3-7,14,16,18H,8-13,15H2,1-2H3,(H,32,36). The number of para-hydroxylation sites is 1. The Bertz CT molecular complexity index is 1290. The third-order valence-electron chi connectivity index (χ3n) is 6.89. The van der Waals surface area contributed by atoms with Gasteiger partial charge in [0.15, 0.2) is 0 Å². The van der Waals surface area contributed by atoms with Crippen molar-refractivity contribution in [3.05, 3.63) is 70.7 Å². The first-order valence-electron chi connectivity index (χ1n) is 12.1. The van der Waals surface area contributed by atoms with Crippen molar-refractivity contribution in [1.29, 1.82) is 0 Å². The number of hydrogen-bond acceptors (Lipinski definition) is 3. The number of piperidine rings is 1. The average molecular weight is 520 g/mol. The second-order valence-electron chi connectivity index (χ2n) is 9.30. The van der Waals surface area contributed by atoms with Crippen molar-refractivity contribution in [3.63, 3.8) is 0 Å². The molecule has 6 nitrogen and oxygen atoms in total. The molecule has 1 aliphatic heterocycles. The third-order valence-corrected chi connectivity index (χ3v) is 6.89. The Hall–Kier alpha value is -3.40. The zero-order valence-corrected chi connectivity index (χ0v) is 20.7. The fraction of sp³-hybridized carbons (Fsp3) is 0.407. The van der Waals surface area contributed by atoms with Crippen LogP contribution in [0.4, 0.5) is 17.6 Å². The lowest BCUT2D eigenvalue weighted by Crippen LogP contribution is -2.38. The molecular weight excluding hydrogens is 490 g/mol. The van der Waals surface area contributed by atoms with Crippen molar-refractivity contribution in [2.45, 2.75) is 44.9 Å². The molecule has 10 heteroatoms. The normalized spacial score (nSPS) is 14.8. The van der Waals surface area contributed by atoms with Gasteiger partial charge in [-0.1, -0.05) is 30.3 Å². The van der Waals surface area contributed by atoms with E-state index in [1.807, 2.05) is 40.8 Å². The summed E-state index contributed by atoms with van der Waals surface area (Å²) in [6.07, 6.45) is -1.88. The first-order valence-corrected chi connectivity index (χ1v) is 12.1. The van der Waals surface area contributed by atoms with Crippen LogP contribution in [0.15, 0.2) is 42.6 Å². The van der Waals surface area contributed by atoms with Crippen LogP contribution in [0, 0.1) is 12.7 Å². The van der Waals surface area contributed by atoms with Gasteiger partial charge in [-0.25, -0.2) is 4.39 Å². The molecule has 1 fully saturated rings. The molecule has 0 atom stereocenters. The lowest BCUT2D eigenvalue weighted by Gasteiger charge is -2.32. The molecule has 1 aliphatic rings. The highest BCUT2D eigenvalue weighted by molar-refractivity contribution is 6.07. The van der Waals surface area contributed by atoms with Gasteiger partial charge in [-0.15, -0.1) is 0 Å². The Balaban J connectivity index is 1.45. The predicted octanol–water partition coefficient (Wildman–Crippen LogP) is 4.93. The van der Waals surface area contributed by atoms with Gasteiger partial charge in [-0.3, -0.25) is 9.59 Å². The Morgan fingerprint density at radius 3 is 2.54 bits per heavy atom. The third kappa shape index (κ3) is 5.79. The molecule has 2 heterocycles. The molecule has 0 unspecified atom stereocenters. The summed E-state index contributed by atoms with van der Waals surface area (Å²) >= 11 is 0. The van der Waals surface area contributed by atoms with E-state index in [2.05, 4.69) is 0 Å². The number of likely N-dealkylation sites (tertiary alicyclic amines) is 1. The quantitative estimate of drug-likeness (QED) is 0.450. The molecule has 4 rings (SSSR count). The number of benzene rings is 2. The number of aromatic nitrogens is 1. The van der Waals surface area contributed by atoms with Crippen molar-refractivity contribution in [2.75, 3.05) is 26.8 Å². The van der Waals surface area contributed by atoms with Crippen LogP contribution in [0.5, 0.6) is 0 Å². The van der Waals surface area contributed by atoms with Crippen LogP contribution in [0.25, 0.3) is 10.9 Å². The molecule has 1 aromatic heterocycles. The van der Waals surface area contributed by atoms with Gasteiger partial charge in [0.2, 0.25) is 0 Å². The minimum absolute atomic E-state index is 0.00663. The molecule has 198 valence electrons. The van der Waals surface area contributed by atoms with Crippen molar-refractivity contribution in [2.24, 2.45) is 0 Å². The number of methoxy groups -OCH3 is 1. The van der Waals surface area contributed by atoms with E-state index in [4.69, 9.17) is 4.74 Å². The lowest BCUT2D eigenvalue weighted by molar-refractivity contribution is -0.173. The van der Waals surface area contributed by atoms with Crippen molar-refractivity contribution in [1.82, 2.24) is 14.8 Å². The summed E-state index contributed by atoms with van der Waals surface area (Å²) in [7, 11) is 1.64. The molecular formula is C27H29F4N3O3. The number of amides is 2. The van der Waals surface area contributed by atoms with E-state index in [-0.39, 0.29) is 17.4 Å². The van der Waals surface area contributed by atoms with Gasteiger partial charge >= 0.3 is 12.1 Å². The summed E-state index contributed by atoms with van der Waals surface area (Å²) in [6, 6.07) is 10.2. The number of nitrogens with zero attached hydrogens (tertiary/aromatic N) is 2. The van der Waals surface area contributed by atoms with Crippen LogP contribution in [-0.4, -0.2) is 54.3 Å². The lowest BCUT2D eigenvalue weighted by atomic mass is 9.88. The van der Waals surface area contributed by atoms with E-state index in [9.17, 15) is 27.2 Å². The Morgan fingerprint density at radius 2 is 1.86 bits per heavy atom. The summed E-state index contributed by atoms with van der Waals surface area (Å²) in [4.78, 5) is 26.4. The van der Waals surface area contributed by atoms with Gasteiger partial charge in [0.1, 0.15) is 5.82 Å². The van der Waals surface area contributed by atoms with E-state index in [1.54, 1.807) is 18.5 Å². The monoisotopic (exact) mass is 519 g/mol. The topological polar surface area (TPSA) is 63.6 Å². The number of hydrogen-bond donors (Lipinski definition) is 1. The van der Waals surface area contributed by atoms with Crippen LogP contribution in [0.3, 0.4) is 0 Å². The Labute approximate surface area is 212 Å². The first-order chi connectivity index (χ1) is 17.6. The van der Waals surface area contributed by atoms with Crippen molar-refractivity contribution < 1.29 is 31.9 Å². The minimum Gasteiger partial charge on any atom is -0.383 e. The highest BCUT2D eigenvalue weighted by Gasteiger charge is 2.38. The minimum atomic E-state index is -5.03. The summed E-state index contributed by atoms with van der Waals surface area (Å²) in [5, 5.41) is 2.61. The molecule has 0 saturated carbocycles. The van der Waals surface area contributed by atoms with Crippen LogP contribution in [-0.2, 0) is 22.6 Å². The Morgan fingerprint density at radius 1 is 1.14 bits per heavy atom. The van der Waals surface area contributed by atoms with Crippen molar-refractivity contribution in [3.8, 4) is 0 Å². The van der Waals surface area contributed by atoms with Gasteiger partial charge in [0.25, 0.3) is 5.91 Å². The summed E-state index contributed by atoms with van der Waals surface area (Å²) < 4.78 is 58.8. The number of halogens is 4. The van der Waals surface area contributed by atoms with E-state index >= 15 is 0 Å². The second kappa shape index (κ2) is 10.9. The molecule has 2 aromatic carbocycles. The maximum absolute atomic E-state index is 14.2. The molecule has 2 amide bonds. The smallest absolute Gasteiger partial charge is 0.383 e. The summed E-state index contributed by atoms with van der Waals surface area (Å²) in [6.45, 7) is 3.61. The number of aryl methyl sites for hydroxylation is 1. The molecule has 37 heavy (non-hydrogen) atoms. The SMILES string of the molecule is COCCn1cc(C(=O)N2CCC(c3ccc(F)c(CNC(=O)C(F)(F)F)c3)CC2)c2cccc(C)c21. The van der Waals surface area contributed by atoms with E-state index < -0.39 is 24.4 Å². The number of nitrogens with one attached hydrogen (secondary N) is 1. The first kappa shape index (κ1) is 26.7. The van der Waals surface area contributed by atoms with Gasteiger partial charge in [-0.2, -0.15) is 13.2 Å². The number of rotatable bonds is 7. The zero-order chi connectivity index (χ0) is 26.7. The van der Waals surface area contributed by atoms with Gasteiger partial charge in [0.05, 0.1) is 17.7 Å². The van der Waals surface area contributed by atoms with Crippen LogP contribution >= 0.6 is 0 Å². The summed E-state index contributed by atoms with van der Waals surface area (Å²) in [5.41, 5.74) is 3.49. The van der Waals surface area contributed by atoms with Crippen LogP contribution in [0.2, 0.25) is 0 Å². The maximum atomic E-state index is 14.2. The van der Waals surface area contributed by atoms with E-state index in [0.29, 0.717) is 44.6 Å². The highest BCUT2D eigenvalue weighted by atomic mass is 19.4. The van der Waals surface area contributed by atoms with Crippen LogP contribution in [0.1, 0.15) is 45.8 Å². The fourth-order valence-corrected chi connectivity index (χ4v) is 4.93.